The summed E-state index contributed by atoms with van der Waals surface area (Å²) in [6, 6.07) is 18.6. The highest BCUT2D eigenvalue weighted by molar-refractivity contribution is 7.80. The highest BCUT2D eigenvalue weighted by Gasteiger charge is 2.59. The molecule has 8 heteroatoms. The second kappa shape index (κ2) is 9.30. The number of nitrogens with one attached hydrogen (secondary N) is 2. The number of hydrogen-bond acceptors (Lipinski definition) is 4. The molecule has 2 N–H and O–H groups in total. The zero-order valence-corrected chi connectivity index (χ0v) is 22.2. The number of amides is 1. The van der Waals surface area contributed by atoms with E-state index < -0.39 is 17.7 Å². The highest BCUT2D eigenvalue weighted by atomic mass is 35.5. The quantitative estimate of drug-likeness (QED) is 0.392. The molecule has 5 rings (SSSR count). The molecule has 2 heterocycles. The highest BCUT2D eigenvalue weighted by Crippen LogP contribution is 2.52. The maximum absolute atomic E-state index is 14.0. The van der Waals surface area contributed by atoms with Crippen LogP contribution in [0.25, 0.3) is 0 Å². The zero-order chi connectivity index (χ0) is 25.6. The first-order valence-electron chi connectivity index (χ1n) is 11.9. The van der Waals surface area contributed by atoms with Crippen molar-refractivity contribution in [2.24, 2.45) is 5.92 Å². The number of anilines is 2. The van der Waals surface area contributed by atoms with E-state index >= 15 is 0 Å². The van der Waals surface area contributed by atoms with Crippen LogP contribution in [0, 0.1) is 19.8 Å². The summed E-state index contributed by atoms with van der Waals surface area (Å²) in [7, 11) is 0. The maximum Gasteiger partial charge on any atom is 0.236 e. The van der Waals surface area contributed by atoms with E-state index in [4.69, 9.17) is 33.3 Å². The Balaban J connectivity index is 1.65. The van der Waals surface area contributed by atoms with Crippen LogP contribution in [0.4, 0.5) is 11.4 Å². The molecule has 2 bridgehead atoms. The summed E-state index contributed by atoms with van der Waals surface area (Å²) in [4.78, 5) is 15.9. The molecule has 1 saturated heterocycles. The Hall–Kier alpha value is -3.29. The molecule has 0 radical (unpaired) electrons. The largest absolute Gasteiger partial charge is 0.490 e. The predicted molar refractivity (Wildman–Crippen MR) is 147 cm³/mol. The van der Waals surface area contributed by atoms with Gasteiger partial charge in [0.05, 0.1) is 12.6 Å². The third-order valence-electron chi connectivity index (χ3n) is 6.78. The van der Waals surface area contributed by atoms with Crippen molar-refractivity contribution in [1.82, 2.24) is 5.32 Å². The van der Waals surface area contributed by atoms with Gasteiger partial charge in [-0.1, -0.05) is 47.5 Å². The standard InChI is InChI=1S/C28H28ClN3O3S/c1-5-34-22-11-7-10-20-24-23(26(33)30-21-13-12-16(2)14-17(21)3)28(4,35-25(20)22)32(27(36)31-24)19-9-6-8-18(29)15-19/h6-15,23-24H,5H2,1-4H3,(H,30,33)(H,31,36)/t23-,24-,28+/m1/s1. The molecule has 0 aliphatic carbocycles. The SMILES string of the molecule is CCOc1cccc2c1O[C@@]1(C)[C@@H](C(=O)Nc3ccc(C)cc3C)[C@@H]2NC(=S)N1c1cccc(Cl)c1. The molecular weight excluding hydrogens is 494 g/mol. The molecular formula is C28H28ClN3O3S. The summed E-state index contributed by atoms with van der Waals surface area (Å²) >= 11 is 12.2. The van der Waals surface area contributed by atoms with Crippen molar-refractivity contribution in [2.45, 2.75) is 39.5 Å². The van der Waals surface area contributed by atoms with E-state index in [0.717, 1.165) is 28.1 Å². The summed E-state index contributed by atoms with van der Waals surface area (Å²) in [5.74, 6) is 0.391. The normalized spacial score (nSPS) is 22.2. The minimum Gasteiger partial charge on any atom is -0.490 e. The van der Waals surface area contributed by atoms with Gasteiger partial charge in [-0.25, -0.2) is 0 Å². The number of thiocarbonyl (C=S) groups is 1. The molecule has 1 fully saturated rings. The number of halogens is 1. The lowest BCUT2D eigenvalue weighted by Crippen LogP contribution is -2.72. The van der Waals surface area contributed by atoms with Crippen LogP contribution in [0.1, 0.15) is 36.6 Å². The summed E-state index contributed by atoms with van der Waals surface area (Å²) in [6.45, 7) is 8.32. The number of ether oxygens (including phenoxy) is 2. The first-order chi connectivity index (χ1) is 17.2. The summed E-state index contributed by atoms with van der Waals surface area (Å²) in [6.07, 6.45) is 0. The van der Waals surface area contributed by atoms with E-state index in [0.29, 0.717) is 28.2 Å². The third kappa shape index (κ3) is 4.06. The van der Waals surface area contributed by atoms with E-state index in [1.807, 2.05) is 87.2 Å². The van der Waals surface area contributed by atoms with Crippen molar-refractivity contribution in [1.29, 1.82) is 0 Å². The second-order valence-corrected chi connectivity index (χ2v) is 10.1. The minimum atomic E-state index is -1.17. The Morgan fingerprint density at radius 1 is 1.19 bits per heavy atom. The molecule has 3 aromatic rings. The molecule has 6 nitrogen and oxygen atoms in total. The number of benzene rings is 3. The van der Waals surface area contributed by atoms with Gasteiger partial charge in [-0.05, 0) is 75.8 Å². The van der Waals surface area contributed by atoms with Gasteiger partial charge in [0.25, 0.3) is 0 Å². The summed E-state index contributed by atoms with van der Waals surface area (Å²) in [5.41, 5.74) is 3.27. The molecule has 0 spiro atoms. The van der Waals surface area contributed by atoms with Gasteiger partial charge in [0.1, 0.15) is 5.92 Å². The monoisotopic (exact) mass is 521 g/mol. The smallest absolute Gasteiger partial charge is 0.236 e. The molecule has 36 heavy (non-hydrogen) atoms. The van der Waals surface area contributed by atoms with Crippen molar-refractivity contribution in [3.63, 3.8) is 0 Å². The minimum absolute atomic E-state index is 0.177. The number of para-hydroxylation sites is 1. The number of aryl methyl sites for hydroxylation is 2. The van der Waals surface area contributed by atoms with Gasteiger partial charge in [-0.15, -0.1) is 0 Å². The van der Waals surface area contributed by atoms with Gasteiger partial charge >= 0.3 is 0 Å². The zero-order valence-electron chi connectivity index (χ0n) is 20.6. The van der Waals surface area contributed by atoms with Crippen molar-refractivity contribution in [3.8, 4) is 11.5 Å². The van der Waals surface area contributed by atoms with Gasteiger partial charge in [-0.2, -0.15) is 0 Å². The van der Waals surface area contributed by atoms with Crippen LogP contribution in [-0.4, -0.2) is 23.4 Å². The van der Waals surface area contributed by atoms with Crippen LogP contribution in [0.5, 0.6) is 11.5 Å². The number of carbonyl (C=O) groups is 1. The van der Waals surface area contributed by atoms with Gasteiger partial charge in [0.2, 0.25) is 5.91 Å². The predicted octanol–water partition coefficient (Wildman–Crippen LogP) is 6.15. The van der Waals surface area contributed by atoms with Crippen molar-refractivity contribution in [3.05, 3.63) is 82.4 Å². The Bertz CT molecular complexity index is 1360. The number of hydrogen-bond donors (Lipinski definition) is 2. The topological polar surface area (TPSA) is 62.8 Å². The molecule has 2 aliphatic heterocycles. The fourth-order valence-corrected chi connectivity index (χ4v) is 5.81. The van der Waals surface area contributed by atoms with E-state index in [-0.39, 0.29) is 5.91 Å². The number of carbonyl (C=O) groups excluding carboxylic acids is 1. The molecule has 2 aliphatic rings. The van der Waals surface area contributed by atoms with Crippen molar-refractivity contribution < 1.29 is 14.3 Å². The molecule has 0 unspecified atom stereocenters. The van der Waals surface area contributed by atoms with E-state index in [1.165, 1.54) is 0 Å². The lowest BCUT2D eigenvalue weighted by Gasteiger charge is -2.56. The van der Waals surface area contributed by atoms with Crippen LogP contribution >= 0.6 is 23.8 Å². The van der Waals surface area contributed by atoms with Crippen molar-refractivity contribution in [2.75, 3.05) is 16.8 Å². The fourth-order valence-electron chi connectivity index (χ4n) is 5.21. The fraction of sp³-hybridized carbons (Fsp3) is 0.286. The third-order valence-corrected chi connectivity index (χ3v) is 7.31. The lowest BCUT2D eigenvalue weighted by atomic mass is 9.78. The molecule has 0 aromatic heterocycles. The van der Waals surface area contributed by atoms with Gasteiger partial charge in [-0.3, -0.25) is 9.69 Å². The molecule has 186 valence electrons. The van der Waals surface area contributed by atoms with Crippen LogP contribution in [0.15, 0.2) is 60.7 Å². The first kappa shape index (κ1) is 24.4. The molecule has 3 aromatic carbocycles. The Morgan fingerprint density at radius 2 is 1.97 bits per heavy atom. The van der Waals surface area contributed by atoms with Crippen LogP contribution < -0.4 is 25.0 Å². The average Bonchev–Trinajstić information content (AvgIpc) is 2.81. The summed E-state index contributed by atoms with van der Waals surface area (Å²) in [5, 5.41) is 7.58. The Kier molecular flexibility index (Phi) is 6.30. The first-order valence-corrected chi connectivity index (χ1v) is 12.7. The maximum atomic E-state index is 14.0. The Morgan fingerprint density at radius 3 is 2.69 bits per heavy atom. The van der Waals surface area contributed by atoms with Crippen LogP contribution in [-0.2, 0) is 4.79 Å². The molecule has 3 atom stereocenters. The van der Waals surface area contributed by atoms with Crippen LogP contribution in [0.3, 0.4) is 0 Å². The average molecular weight is 522 g/mol. The van der Waals surface area contributed by atoms with Crippen molar-refractivity contribution >= 4 is 46.2 Å². The van der Waals surface area contributed by atoms with Crippen LogP contribution in [0.2, 0.25) is 5.02 Å². The number of rotatable bonds is 5. The Labute approximate surface area is 221 Å². The van der Waals surface area contributed by atoms with E-state index in [9.17, 15) is 4.79 Å². The molecule has 0 saturated carbocycles. The lowest BCUT2D eigenvalue weighted by molar-refractivity contribution is -0.130. The van der Waals surface area contributed by atoms with E-state index in [1.54, 1.807) is 6.07 Å². The van der Waals surface area contributed by atoms with E-state index in [2.05, 4.69) is 10.6 Å². The van der Waals surface area contributed by atoms with Gasteiger partial charge < -0.3 is 20.1 Å². The van der Waals surface area contributed by atoms with Gasteiger partial charge in [0.15, 0.2) is 22.3 Å². The molecule has 1 amide bonds. The number of nitrogens with zero attached hydrogens (tertiary/aromatic N) is 1. The van der Waals surface area contributed by atoms with Gasteiger partial charge in [0, 0.05) is 22.0 Å². The summed E-state index contributed by atoms with van der Waals surface area (Å²) < 4.78 is 12.6. The second-order valence-electron chi connectivity index (χ2n) is 9.29. The number of fused-ring (bicyclic) bond motifs is 4.